The number of hydrogen-bond acceptors (Lipinski definition) is 2. The van der Waals surface area contributed by atoms with Crippen molar-refractivity contribution in [2.75, 3.05) is 25.2 Å². The highest BCUT2D eigenvalue weighted by molar-refractivity contribution is 9.09. The van der Waals surface area contributed by atoms with Crippen molar-refractivity contribution >= 4 is 27.5 Å². The Bertz CT molecular complexity index is 408. The molecule has 2 nitrogen and oxygen atoms in total. The number of benzene rings is 1. The lowest BCUT2D eigenvalue weighted by molar-refractivity contribution is 0.00290. The van der Waals surface area contributed by atoms with Gasteiger partial charge in [-0.1, -0.05) is 33.6 Å². The maximum Gasteiger partial charge on any atom is 0.183 e. The highest BCUT2D eigenvalue weighted by Crippen LogP contribution is 2.34. The lowest BCUT2D eigenvalue weighted by Gasteiger charge is -2.35. The van der Waals surface area contributed by atoms with Crippen LogP contribution in [-0.4, -0.2) is 25.2 Å². The van der Waals surface area contributed by atoms with Gasteiger partial charge in [-0.2, -0.15) is 0 Å². The zero-order chi connectivity index (χ0) is 13.0. The zero-order valence-electron chi connectivity index (χ0n) is 9.93. The van der Waals surface area contributed by atoms with Gasteiger partial charge in [0.1, 0.15) is 0 Å². The summed E-state index contributed by atoms with van der Waals surface area (Å²) in [7, 11) is 0. The monoisotopic (exact) mass is 336 g/mol. The molecular formula is C13H15BrClFO2. The summed E-state index contributed by atoms with van der Waals surface area (Å²) in [4.78, 5) is 0. The Morgan fingerprint density at radius 1 is 1.39 bits per heavy atom. The van der Waals surface area contributed by atoms with E-state index >= 15 is 0 Å². The van der Waals surface area contributed by atoms with Gasteiger partial charge in [0, 0.05) is 24.0 Å². The first-order chi connectivity index (χ1) is 8.67. The average Bonchev–Trinajstić information content (AvgIpc) is 2.41. The van der Waals surface area contributed by atoms with Crippen molar-refractivity contribution in [1.29, 1.82) is 0 Å². The van der Waals surface area contributed by atoms with E-state index in [2.05, 4.69) is 15.9 Å². The van der Waals surface area contributed by atoms with Gasteiger partial charge >= 0.3 is 0 Å². The fraction of sp³-hybridized carbons (Fsp3) is 0.538. The molecule has 2 rings (SSSR count). The third-order valence-corrected chi connectivity index (χ3v) is 4.77. The molecule has 0 bridgehead atoms. The van der Waals surface area contributed by atoms with E-state index in [1.807, 2.05) is 0 Å². The van der Waals surface area contributed by atoms with E-state index in [1.165, 1.54) is 6.07 Å². The van der Waals surface area contributed by atoms with E-state index in [0.29, 0.717) is 6.61 Å². The van der Waals surface area contributed by atoms with Crippen molar-refractivity contribution in [1.82, 2.24) is 0 Å². The van der Waals surface area contributed by atoms with Crippen LogP contribution in [0.5, 0.6) is 5.75 Å². The van der Waals surface area contributed by atoms with Crippen LogP contribution in [0, 0.1) is 11.2 Å². The highest BCUT2D eigenvalue weighted by atomic mass is 79.9. The van der Waals surface area contributed by atoms with Crippen molar-refractivity contribution in [2.45, 2.75) is 12.8 Å². The summed E-state index contributed by atoms with van der Waals surface area (Å²) in [5.41, 5.74) is 0.0208. The molecule has 0 aliphatic carbocycles. The molecule has 0 amide bonds. The second-order valence-corrected chi connectivity index (χ2v) is 5.55. The predicted octanol–water partition coefficient (Wildman–Crippen LogP) is 4.05. The SMILES string of the molecule is Fc1c(Cl)cccc1OCC1(CBr)CCOCC1. The van der Waals surface area contributed by atoms with Crippen LogP contribution in [0.1, 0.15) is 12.8 Å². The molecule has 100 valence electrons. The average molecular weight is 338 g/mol. The molecule has 0 unspecified atom stereocenters. The molecule has 0 atom stereocenters. The van der Waals surface area contributed by atoms with Crippen LogP contribution in [0.3, 0.4) is 0 Å². The second-order valence-electron chi connectivity index (χ2n) is 4.59. The number of rotatable bonds is 4. The molecule has 1 aromatic rings. The van der Waals surface area contributed by atoms with Crippen molar-refractivity contribution in [3.63, 3.8) is 0 Å². The van der Waals surface area contributed by atoms with E-state index in [0.717, 1.165) is 31.4 Å². The summed E-state index contributed by atoms with van der Waals surface area (Å²) in [5, 5.41) is 0.915. The van der Waals surface area contributed by atoms with Gasteiger partial charge in [0.2, 0.25) is 0 Å². The molecule has 0 N–H and O–H groups in total. The quantitative estimate of drug-likeness (QED) is 0.772. The predicted molar refractivity (Wildman–Crippen MR) is 73.2 cm³/mol. The summed E-state index contributed by atoms with van der Waals surface area (Å²) in [5.74, 6) is -0.273. The first-order valence-corrected chi connectivity index (χ1v) is 7.37. The van der Waals surface area contributed by atoms with Crippen molar-refractivity contribution in [3.8, 4) is 5.75 Å². The van der Waals surface area contributed by atoms with Crippen molar-refractivity contribution < 1.29 is 13.9 Å². The Labute approximate surface area is 120 Å². The molecule has 5 heteroatoms. The summed E-state index contributed by atoms with van der Waals surface area (Å²) in [6, 6.07) is 4.80. The van der Waals surface area contributed by atoms with E-state index in [9.17, 15) is 4.39 Å². The molecule has 1 aliphatic rings. The lowest BCUT2D eigenvalue weighted by atomic mass is 9.83. The minimum atomic E-state index is -0.490. The van der Waals surface area contributed by atoms with Crippen LogP contribution in [0.2, 0.25) is 5.02 Å². The van der Waals surface area contributed by atoms with Crippen LogP contribution < -0.4 is 4.74 Å². The minimum Gasteiger partial charge on any atom is -0.490 e. The molecule has 18 heavy (non-hydrogen) atoms. The van der Waals surface area contributed by atoms with E-state index in [1.54, 1.807) is 12.1 Å². The first kappa shape index (κ1) is 14.1. The fourth-order valence-electron chi connectivity index (χ4n) is 1.95. The van der Waals surface area contributed by atoms with E-state index in [-0.39, 0.29) is 16.2 Å². The molecule has 0 aromatic heterocycles. The molecule has 0 saturated carbocycles. The van der Waals surface area contributed by atoms with Crippen LogP contribution in [-0.2, 0) is 4.74 Å². The Balaban J connectivity index is 2.03. The number of alkyl halides is 1. The van der Waals surface area contributed by atoms with Crippen LogP contribution in [0.25, 0.3) is 0 Å². The molecule has 1 fully saturated rings. The number of ether oxygens (including phenoxy) is 2. The molecular weight excluding hydrogens is 322 g/mol. The van der Waals surface area contributed by atoms with Crippen LogP contribution >= 0.6 is 27.5 Å². The topological polar surface area (TPSA) is 18.5 Å². The van der Waals surface area contributed by atoms with Gasteiger partial charge in [0.15, 0.2) is 11.6 Å². The summed E-state index contributed by atoms with van der Waals surface area (Å²) in [6.45, 7) is 1.93. The van der Waals surface area contributed by atoms with Gasteiger partial charge in [-0.05, 0) is 25.0 Å². The molecule has 1 aliphatic heterocycles. The van der Waals surface area contributed by atoms with Crippen molar-refractivity contribution in [3.05, 3.63) is 29.0 Å². The Kier molecular flexibility index (Phi) is 4.87. The van der Waals surface area contributed by atoms with Crippen LogP contribution in [0.4, 0.5) is 4.39 Å². The van der Waals surface area contributed by atoms with Crippen molar-refractivity contribution in [2.24, 2.45) is 5.41 Å². The Morgan fingerprint density at radius 3 is 2.78 bits per heavy atom. The third-order valence-electron chi connectivity index (χ3n) is 3.29. The van der Waals surface area contributed by atoms with E-state index in [4.69, 9.17) is 21.1 Å². The molecule has 0 radical (unpaired) electrons. The van der Waals surface area contributed by atoms with Gasteiger partial charge in [-0.15, -0.1) is 0 Å². The normalized spacial score (nSPS) is 18.6. The summed E-state index contributed by atoms with van der Waals surface area (Å²) >= 11 is 9.24. The molecule has 1 aromatic carbocycles. The van der Waals surface area contributed by atoms with Gasteiger partial charge in [0.25, 0.3) is 0 Å². The highest BCUT2D eigenvalue weighted by Gasteiger charge is 2.32. The largest absolute Gasteiger partial charge is 0.490 e. The fourth-order valence-corrected chi connectivity index (χ4v) is 2.84. The Hall–Kier alpha value is -0.320. The maximum absolute atomic E-state index is 13.7. The summed E-state index contributed by atoms with van der Waals surface area (Å²) < 4.78 is 24.6. The van der Waals surface area contributed by atoms with Gasteiger partial charge in [-0.25, -0.2) is 4.39 Å². The third kappa shape index (κ3) is 3.16. The summed E-state index contributed by atoms with van der Waals surface area (Å²) in [6.07, 6.45) is 1.83. The second kappa shape index (κ2) is 6.22. The first-order valence-electron chi connectivity index (χ1n) is 5.87. The van der Waals surface area contributed by atoms with Gasteiger partial charge < -0.3 is 9.47 Å². The number of hydrogen-bond donors (Lipinski definition) is 0. The zero-order valence-corrected chi connectivity index (χ0v) is 12.3. The molecule has 1 saturated heterocycles. The molecule has 1 heterocycles. The Morgan fingerprint density at radius 2 is 2.11 bits per heavy atom. The smallest absolute Gasteiger partial charge is 0.183 e. The minimum absolute atomic E-state index is 0.0208. The molecule has 0 spiro atoms. The maximum atomic E-state index is 13.7. The van der Waals surface area contributed by atoms with Gasteiger partial charge in [0.05, 0.1) is 11.6 Å². The van der Waals surface area contributed by atoms with E-state index < -0.39 is 5.82 Å². The van der Waals surface area contributed by atoms with Crippen LogP contribution in [0.15, 0.2) is 18.2 Å². The standard InChI is InChI=1S/C13H15BrClFO2/c14-8-13(4-6-17-7-5-13)9-18-11-3-1-2-10(15)12(11)16/h1-3H,4-9H2. The number of halogens is 3. The van der Waals surface area contributed by atoms with Gasteiger partial charge in [-0.3, -0.25) is 0 Å². The lowest BCUT2D eigenvalue weighted by Crippen LogP contribution is -2.36.